The number of amides is 1. The maximum atomic E-state index is 12.3. The van der Waals surface area contributed by atoms with Crippen molar-refractivity contribution in [3.8, 4) is 0 Å². The molecule has 0 aliphatic rings. The summed E-state index contributed by atoms with van der Waals surface area (Å²) in [7, 11) is 1.27. The van der Waals surface area contributed by atoms with Crippen molar-refractivity contribution in [3.63, 3.8) is 0 Å². The molecule has 0 saturated carbocycles. The number of esters is 1. The molecule has 0 bridgehead atoms. The Morgan fingerprint density at radius 2 is 1.79 bits per heavy atom. The molecule has 1 N–H and O–H groups in total. The number of ether oxygens (including phenoxy) is 1. The van der Waals surface area contributed by atoms with Crippen molar-refractivity contribution in [2.75, 3.05) is 12.4 Å². The maximum absolute atomic E-state index is 12.3. The van der Waals surface area contributed by atoms with Gasteiger partial charge >= 0.3 is 5.97 Å². The molecule has 0 aromatic heterocycles. The second-order valence-electron chi connectivity index (χ2n) is 4.89. The van der Waals surface area contributed by atoms with Crippen LogP contribution >= 0.6 is 35.0 Å². The van der Waals surface area contributed by atoms with E-state index in [1.54, 1.807) is 31.2 Å². The molecule has 0 radical (unpaired) electrons. The zero-order valence-electron chi connectivity index (χ0n) is 13.0. The van der Waals surface area contributed by atoms with Gasteiger partial charge in [0.1, 0.15) is 0 Å². The number of thioether (sulfide) groups is 1. The standard InChI is InChI=1S/C17H15Cl2NO3S/c1-10(24-13-6-3-11(18)4-7-13)16(21)20-12-5-8-15(19)14(9-12)17(22)23-2/h3-10H,1-2H3,(H,20,21)/t10-/m1/s1. The van der Waals surface area contributed by atoms with Crippen molar-refractivity contribution in [2.24, 2.45) is 0 Å². The fraction of sp³-hybridized carbons (Fsp3) is 0.176. The Balaban J connectivity index is 2.05. The quantitative estimate of drug-likeness (QED) is 0.589. The minimum atomic E-state index is -0.556. The van der Waals surface area contributed by atoms with E-state index in [-0.39, 0.29) is 21.7 Å². The largest absolute Gasteiger partial charge is 0.465 e. The highest BCUT2D eigenvalue weighted by atomic mass is 35.5. The van der Waals surface area contributed by atoms with Gasteiger partial charge in [-0.15, -0.1) is 11.8 Å². The van der Waals surface area contributed by atoms with E-state index in [9.17, 15) is 9.59 Å². The van der Waals surface area contributed by atoms with Crippen LogP contribution in [-0.4, -0.2) is 24.2 Å². The van der Waals surface area contributed by atoms with Crippen molar-refractivity contribution in [3.05, 3.63) is 58.1 Å². The van der Waals surface area contributed by atoms with Crippen LogP contribution in [0.15, 0.2) is 47.4 Å². The van der Waals surface area contributed by atoms with E-state index in [1.165, 1.54) is 24.9 Å². The van der Waals surface area contributed by atoms with E-state index in [0.717, 1.165) is 4.90 Å². The van der Waals surface area contributed by atoms with Crippen LogP contribution in [0.3, 0.4) is 0 Å². The number of nitrogens with one attached hydrogen (secondary N) is 1. The Morgan fingerprint density at radius 1 is 1.12 bits per heavy atom. The summed E-state index contributed by atoms with van der Waals surface area (Å²) in [6, 6.07) is 11.9. The van der Waals surface area contributed by atoms with E-state index in [0.29, 0.717) is 10.7 Å². The third-order valence-electron chi connectivity index (χ3n) is 3.13. The van der Waals surface area contributed by atoms with Crippen LogP contribution in [0.4, 0.5) is 5.69 Å². The van der Waals surface area contributed by atoms with Gasteiger partial charge in [0.05, 0.1) is 22.9 Å². The number of hydrogen-bond donors (Lipinski definition) is 1. The Kier molecular flexibility index (Phi) is 6.54. The normalized spacial score (nSPS) is 11.7. The van der Waals surface area contributed by atoms with Gasteiger partial charge in [0, 0.05) is 15.6 Å². The molecular formula is C17H15Cl2NO3S. The van der Waals surface area contributed by atoms with Crippen LogP contribution in [0.5, 0.6) is 0 Å². The molecule has 2 rings (SSSR count). The highest BCUT2D eigenvalue weighted by Gasteiger charge is 2.17. The highest BCUT2D eigenvalue weighted by Crippen LogP contribution is 2.26. The number of anilines is 1. The van der Waals surface area contributed by atoms with Gasteiger partial charge in [0.25, 0.3) is 0 Å². The van der Waals surface area contributed by atoms with E-state index >= 15 is 0 Å². The lowest BCUT2D eigenvalue weighted by Gasteiger charge is -2.13. The van der Waals surface area contributed by atoms with Gasteiger partial charge in [-0.3, -0.25) is 4.79 Å². The topological polar surface area (TPSA) is 55.4 Å². The summed E-state index contributed by atoms with van der Waals surface area (Å²) in [5.74, 6) is -0.743. The first-order valence-corrected chi connectivity index (χ1v) is 8.65. The second-order valence-corrected chi connectivity index (χ2v) is 7.15. The predicted octanol–water partition coefficient (Wildman–Crippen LogP) is 4.90. The molecule has 1 atom stereocenters. The smallest absolute Gasteiger partial charge is 0.339 e. The lowest BCUT2D eigenvalue weighted by Crippen LogP contribution is -2.22. The monoisotopic (exact) mass is 383 g/mol. The zero-order chi connectivity index (χ0) is 17.7. The van der Waals surface area contributed by atoms with Crippen LogP contribution in [0.2, 0.25) is 10.0 Å². The van der Waals surface area contributed by atoms with Crippen LogP contribution in [0, 0.1) is 0 Å². The first-order valence-electron chi connectivity index (χ1n) is 7.01. The molecular weight excluding hydrogens is 369 g/mol. The van der Waals surface area contributed by atoms with Crippen LogP contribution < -0.4 is 5.32 Å². The van der Waals surface area contributed by atoms with Gasteiger partial charge in [-0.05, 0) is 49.4 Å². The third kappa shape index (κ3) is 4.90. The second kappa shape index (κ2) is 8.42. The summed E-state index contributed by atoms with van der Waals surface area (Å²) in [5.41, 5.74) is 0.684. The van der Waals surface area contributed by atoms with Gasteiger partial charge in [0.15, 0.2) is 0 Å². The minimum absolute atomic E-state index is 0.187. The van der Waals surface area contributed by atoms with Gasteiger partial charge in [-0.25, -0.2) is 4.79 Å². The van der Waals surface area contributed by atoms with Crippen molar-refractivity contribution in [1.29, 1.82) is 0 Å². The van der Waals surface area contributed by atoms with E-state index < -0.39 is 5.97 Å². The van der Waals surface area contributed by atoms with Gasteiger partial charge in [-0.2, -0.15) is 0 Å². The summed E-state index contributed by atoms with van der Waals surface area (Å²) >= 11 is 13.2. The zero-order valence-corrected chi connectivity index (χ0v) is 15.3. The minimum Gasteiger partial charge on any atom is -0.465 e. The van der Waals surface area contributed by atoms with Crippen LogP contribution in [-0.2, 0) is 9.53 Å². The molecule has 0 saturated heterocycles. The molecule has 4 nitrogen and oxygen atoms in total. The van der Waals surface area contributed by atoms with Crippen LogP contribution in [0.25, 0.3) is 0 Å². The molecule has 0 unspecified atom stereocenters. The summed E-state index contributed by atoms with van der Waals surface area (Å²) in [6.07, 6.45) is 0. The first kappa shape index (κ1) is 18.6. The molecule has 0 fully saturated rings. The molecule has 126 valence electrons. The molecule has 0 aliphatic heterocycles. The van der Waals surface area contributed by atoms with Gasteiger partial charge in [0.2, 0.25) is 5.91 Å². The molecule has 2 aromatic carbocycles. The SMILES string of the molecule is COC(=O)c1cc(NC(=O)[C@@H](C)Sc2ccc(Cl)cc2)ccc1Cl. The molecule has 0 aliphatic carbocycles. The number of benzene rings is 2. The highest BCUT2D eigenvalue weighted by molar-refractivity contribution is 8.00. The number of carbonyl (C=O) groups is 2. The number of halogens is 2. The lowest BCUT2D eigenvalue weighted by atomic mass is 10.2. The van der Waals surface area contributed by atoms with Crippen molar-refractivity contribution in [2.45, 2.75) is 17.1 Å². The summed E-state index contributed by atoms with van der Waals surface area (Å²) in [6.45, 7) is 1.80. The Morgan fingerprint density at radius 3 is 2.42 bits per heavy atom. The third-order valence-corrected chi connectivity index (χ3v) is 4.83. The van der Waals surface area contributed by atoms with Crippen LogP contribution in [0.1, 0.15) is 17.3 Å². The molecule has 1 amide bonds. The Labute approximate surface area is 154 Å². The van der Waals surface area contributed by atoms with Gasteiger partial charge in [-0.1, -0.05) is 23.2 Å². The Bertz CT molecular complexity index is 750. The fourth-order valence-corrected chi connectivity index (χ4v) is 3.07. The summed E-state index contributed by atoms with van der Waals surface area (Å²) in [5, 5.41) is 3.35. The van der Waals surface area contributed by atoms with E-state index in [4.69, 9.17) is 23.2 Å². The van der Waals surface area contributed by atoms with E-state index in [1.807, 2.05) is 12.1 Å². The lowest BCUT2D eigenvalue weighted by molar-refractivity contribution is -0.115. The summed E-state index contributed by atoms with van der Waals surface area (Å²) < 4.78 is 4.66. The average molecular weight is 384 g/mol. The molecule has 7 heteroatoms. The van der Waals surface area contributed by atoms with Crippen molar-refractivity contribution >= 4 is 52.5 Å². The predicted molar refractivity (Wildman–Crippen MR) is 98.2 cm³/mol. The average Bonchev–Trinajstić information content (AvgIpc) is 2.57. The fourth-order valence-electron chi connectivity index (χ4n) is 1.88. The Hall–Kier alpha value is -1.69. The number of carbonyl (C=O) groups excluding carboxylic acids is 2. The summed E-state index contributed by atoms with van der Waals surface area (Å²) in [4.78, 5) is 24.9. The first-order chi connectivity index (χ1) is 11.4. The molecule has 0 heterocycles. The molecule has 24 heavy (non-hydrogen) atoms. The van der Waals surface area contributed by atoms with E-state index in [2.05, 4.69) is 10.1 Å². The number of methoxy groups -OCH3 is 1. The van der Waals surface area contributed by atoms with Crippen molar-refractivity contribution < 1.29 is 14.3 Å². The number of rotatable bonds is 5. The van der Waals surface area contributed by atoms with Gasteiger partial charge < -0.3 is 10.1 Å². The molecule has 2 aromatic rings. The molecule has 0 spiro atoms. The van der Waals surface area contributed by atoms with Crippen molar-refractivity contribution in [1.82, 2.24) is 0 Å². The number of hydrogen-bond acceptors (Lipinski definition) is 4. The maximum Gasteiger partial charge on any atom is 0.339 e.